The molecule has 4 heteroatoms. The topological polar surface area (TPSA) is 60.4 Å². The first-order chi connectivity index (χ1) is 14.6. The van der Waals surface area contributed by atoms with E-state index in [0.29, 0.717) is 31.0 Å². The molecule has 0 N–H and O–H groups in total. The first-order valence-corrected chi connectivity index (χ1v) is 11.2. The third-order valence-corrected chi connectivity index (χ3v) is 6.45. The Bertz CT molecular complexity index is 880. The highest BCUT2D eigenvalue weighted by molar-refractivity contribution is 6.08. The summed E-state index contributed by atoms with van der Waals surface area (Å²) in [5.41, 5.74) is 0.791. The van der Waals surface area contributed by atoms with Gasteiger partial charge in [0, 0.05) is 30.7 Å². The molecule has 4 nitrogen and oxygen atoms in total. The van der Waals surface area contributed by atoms with E-state index in [1.165, 1.54) is 7.11 Å². The minimum Gasteiger partial charge on any atom is -0.469 e. The van der Waals surface area contributed by atoms with Crippen LogP contribution in [0.25, 0.3) is 10.8 Å². The van der Waals surface area contributed by atoms with Gasteiger partial charge in [0.1, 0.15) is 5.78 Å². The zero-order valence-corrected chi connectivity index (χ0v) is 17.9. The Morgan fingerprint density at radius 3 is 2.53 bits per heavy atom. The van der Waals surface area contributed by atoms with Gasteiger partial charge in [-0.05, 0) is 42.4 Å². The molecule has 0 radical (unpaired) electrons. The molecule has 0 aromatic heterocycles. The summed E-state index contributed by atoms with van der Waals surface area (Å²) >= 11 is 0. The molecule has 30 heavy (non-hydrogen) atoms. The molecule has 0 aliphatic heterocycles. The predicted octanol–water partition coefficient (Wildman–Crippen LogP) is 5.91. The molecule has 160 valence electrons. The third-order valence-electron chi connectivity index (χ3n) is 6.45. The van der Waals surface area contributed by atoms with E-state index >= 15 is 0 Å². The van der Waals surface area contributed by atoms with E-state index in [1.807, 2.05) is 42.5 Å². The number of methoxy groups -OCH3 is 1. The number of esters is 1. The van der Waals surface area contributed by atoms with Gasteiger partial charge >= 0.3 is 5.97 Å². The quantitative estimate of drug-likeness (QED) is 0.263. The van der Waals surface area contributed by atoms with Crippen LogP contribution >= 0.6 is 0 Å². The number of carbonyl (C=O) groups excluding carboxylic acids is 3. The number of Topliss-reactive ketones (excluding diaryl/α,β-unsaturated/α-hetero) is 2. The van der Waals surface area contributed by atoms with Crippen molar-refractivity contribution < 1.29 is 19.1 Å². The summed E-state index contributed by atoms with van der Waals surface area (Å²) in [6, 6.07) is 13.9. The highest BCUT2D eigenvalue weighted by Crippen LogP contribution is 2.36. The van der Waals surface area contributed by atoms with E-state index in [9.17, 15) is 14.4 Å². The van der Waals surface area contributed by atoms with Gasteiger partial charge in [-0.2, -0.15) is 0 Å². The molecule has 2 aromatic rings. The average molecular weight is 409 g/mol. The molecule has 0 spiro atoms. The smallest absolute Gasteiger partial charge is 0.305 e. The number of unbranched alkanes of at least 4 members (excludes halogenated alkanes) is 3. The van der Waals surface area contributed by atoms with Crippen LogP contribution in [0.5, 0.6) is 0 Å². The summed E-state index contributed by atoms with van der Waals surface area (Å²) in [6.45, 7) is 0. The fourth-order valence-corrected chi connectivity index (χ4v) is 4.73. The van der Waals surface area contributed by atoms with Crippen LogP contribution in [0.3, 0.4) is 0 Å². The van der Waals surface area contributed by atoms with Crippen molar-refractivity contribution in [3.8, 4) is 0 Å². The van der Waals surface area contributed by atoms with Crippen LogP contribution in [0.1, 0.15) is 74.6 Å². The maximum absolute atomic E-state index is 12.9. The third kappa shape index (κ3) is 5.78. The molecule has 2 unspecified atom stereocenters. The molecule has 2 aromatic carbocycles. The lowest BCUT2D eigenvalue weighted by Gasteiger charge is -2.18. The van der Waals surface area contributed by atoms with Crippen molar-refractivity contribution >= 4 is 28.3 Å². The first-order valence-electron chi connectivity index (χ1n) is 11.2. The number of hydrogen-bond donors (Lipinski definition) is 0. The number of ketones is 2. The molecule has 1 fully saturated rings. The monoisotopic (exact) mass is 408 g/mol. The van der Waals surface area contributed by atoms with Gasteiger partial charge in [0.2, 0.25) is 0 Å². The summed E-state index contributed by atoms with van der Waals surface area (Å²) in [5, 5.41) is 2.10. The molecule has 0 saturated heterocycles. The van der Waals surface area contributed by atoms with Gasteiger partial charge in [0.15, 0.2) is 5.78 Å². The van der Waals surface area contributed by atoms with Gasteiger partial charge in [-0.25, -0.2) is 0 Å². The highest BCUT2D eigenvalue weighted by Gasteiger charge is 2.34. The van der Waals surface area contributed by atoms with Crippen LogP contribution in [0, 0.1) is 11.8 Å². The lowest BCUT2D eigenvalue weighted by Crippen LogP contribution is -2.16. The van der Waals surface area contributed by atoms with Crippen molar-refractivity contribution in [1.82, 2.24) is 0 Å². The Labute approximate surface area is 179 Å². The van der Waals surface area contributed by atoms with E-state index in [2.05, 4.69) is 4.74 Å². The van der Waals surface area contributed by atoms with Gasteiger partial charge < -0.3 is 4.74 Å². The summed E-state index contributed by atoms with van der Waals surface area (Å²) in [4.78, 5) is 36.4. The second-order valence-electron chi connectivity index (χ2n) is 8.39. The minimum atomic E-state index is -0.156. The van der Waals surface area contributed by atoms with Crippen LogP contribution in [0.15, 0.2) is 42.5 Å². The standard InChI is InChI=1S/C26H32O4/c1-30-26(29)14-5-3-2-4-12-22-20(15-17-24(22)27)16-18-25(28)23-13-8-10-19-9-6-7-11-21(19)23/h6-11,13,20,22H,2-5,12,14-18H2,1H3. The van der Waals surface area contributed by atoms with Crippen molar-refractivity contribution in [1.29, 1.82) is 0 Å². The van der Waals surface area contributed by atoms with Crippen molar-refractivity contribution in [2.75, 3.05) is 7.11 Å². The second kappa shape index (κ2) is 11.1. The van der Waals surface area contributed by atoms with Gasteiger partial charge in [-0.1, -0.05) is 61.7 Å². The van der Waals surface area contributed by atoms with Gasteiger partial charge in [0.25, 0.3) is 0 Å². The minimum absolute atomic E-state index is 0.103. The van der Waals surface area contributed by atoms with Crippen LogP contribution < -0.4 is 0 Å². The fourth-order valence-electron chi connectivity index (χ4n) is 4.73. The van der Waals surface area contributed by atoms with Crippen molar-refractivity contribution in [2.24, 2.45) is 11.8 Å². The zero-order valence-electron chi connectivity index (χ0n) is 17.9. The molecule has 2 atom stereocenters. The van der Waals surface area contributed by atoms with Crippen molar-refractivity contribution in [3.05, 3.63) is 48.0 Å². The summed E-state index contributed by atoms with van der Waals surface area (Å²) in [5.74, 6) is 0.814. The molecule has 1 saturated carbocycles. The Morgan fingerprint density at radius 2 is 1.70 bits per heavy atom. The van der Waals surface area contributed by atoms with Crippen molar-refractivity contribution in [3.63, 3.8) is 0 Å². The molecule has 3 rings (SSSR count). The number of fused-ring (bicyclic) bond motifs is 1. The fraction of sp³-hybridized carbons (Fsp3) is 0.500. The SMILES string of the molecule is COC(=O)CCCCCCC1C(=O)CCC1CCC(=O)c1cccc2ccccc12. The summed E-state index contributed by atoms with van der Waals surface area (Å²) in [7, 11) is 1.42. The molecular formula is C26H32O4. The van der Waals surface area contributed by atoms with Crippen LogP contribution in [-0.4, -0.2) is 24.6 Å². The van der Waals surface area contributed by atoms with E-state index in [1.54, 1.807) is 0 Å². The van der Waals surface area contributed by atoms with E-state index in [0.717, 1.165) is 61.3 Å². The Balaban J connectivity index is 1.47. The molecule has 1 aliphatic carbocycles. The summed E-state index contributed by atoms with van der Waals surface area (Å²) in [6.07, 6.45) is 8.10. The molecule has 1 aliphatic rings. The van der Waals surface area contributed by atoms with E-state index < -0.39 is 0 Å². The Kier molecular flexibility index (Phi) is 8.18. The number of hydrogen-bond acceptors (Lipinski definition) is 4. The Morgan fingerprint density at radius 1 is 0.933 bits per heavy atom. The second-order valence-corrected chi connectivity index (χ2v) is 8.39. The first kappa shape index (κ1) is 22.2. The highest BCUT2D eigenvalue weighted by atomic mass is 16.5. The number of benzene rings is 2. The van der Waals surface area contributed by atoms with Gasteiger partial charge in [0.05, 0.1) is 7.11 Å². The van der Waals surface area contributed by atoms with E-state index in [4.69, 9.17) is 0 Å². The summed E-state index contributed by atoms with van der Waals surface area (Å²) < 4.78 is 4.66. The van der Waals surface area contributed by atoms with Crippen LogP contribution in [-0.2, 0) is 14.3 Å². The van der Waals surface area contributed by atoms with Crippen LogP contribution in [0.4, 0.5) is 0 Å². The van der Waals surface area contributed by atoms with Crippen molar-refractivity contribution in [2.45, 2.75) is 64.2 Å². The largest absolute Gasteiger partial charge is 0.469 e. The molecular weight excluding hydrogens is 376 g/mol. The molecule has 0 heterocycles. The zero-order chi connectivity index (χ0) is 21.3. The maximum atomic E-state index is 12.9. The maximum Gasteiger partial charge on any atom is 0.305 e. The number of carbonyl (C=O) groups is 3. The molecule has 0 bridgehead atoms. The number of ether oxygens (including phenoxy) is 1. The normalized spacial score (nSPS) is 18.6. The average Bonchev–Trinajstić information content (AvgIpc) is 3.13. The Hall–Kier alpha value is -2.49. The van der Waals surface area contributed by atoms with Gasteiger partial charge in [-0.15, -0.1) is 0 Å². The lowest BCUT2D eigenvalue weighted by atomic mass is 9.85. The molecule has 0 amide bonds. The number of rotatable bonds is 11. The lowest BCUT2D eigenvalue weighted by molar-refractivity contribution is -0.140. The van der Waals surface area contributed by atoms with Crippen LogP contribution in [0.2, 0.25) is 0 Å². The predicted molar refractivity (Wildman–Crippen MR) is 118 cm³/mol. The van der Waals surface area contributed by atoms with Gasteiger partial charge in [-0.3, -0.25) is 14.4 Å². The van der Waals surface area contributed by atoms with E-state index in [-0.39, 0.29) is 17.7 Å².